The van der Waals surface area contributed by atoms with Crippen LogP contribution in [0.1, 0.15) is 22.5 Å². The molecule has 0 unspecified atom stereocenters. The fourth-order valence-electron chi connectivity index (χ4n) is 3.41. The van der Waals surface area contributed by atoms with Crippen LogP contribution in [-0.4, -0.2) is 16.5 Å². The second kappa shape index (κ2) is 8.08. The van der Waals surface area contributed by atoms with Gasteiger partial charge in [0.2, 0.25) is 0 Å². The second-order valence-electron chi connectivity index (χ2n) is 7.04. The fraction of sp³-hybridized carbons (Fsp3) is 0.130. The number of urea groups is 1. The van der Waals surface area contributed by atoms with Crippen LogP contribution in [0.15, 0.2) is 60.3 Å². The standard InChI is InChI=1S/C23H20ClN3O3/c1-14-11-17(12-21-22(28)26-23(29)25-21)15(2)27(14)19-7-9-20(10-8-19)30-13-16-3-5-18(24)6-4-16/h3-12H,13H2,1-2H3,(H2,25,26,28,29)/b21-12-. The van der Waals surface area contributed by atoms with E-state index in [1.165, 1.54) is 0 Å². The molecule has 30 heavy (non-hydrogen) atoms. The smallest absolute Gasteiger partial charge is 0.326 e. The van der Waals surface area contributed by atoms with Gasteiger partial charge in [-0.15, -0.1) is 0 Å². The van der Waals surface area contributed by atoms with E-state index in [1.54, 1.807) is 6.08 Å². The van der Waals surface area contributed by atoms with Gasteiger partial charge in [0.1, 0.15) is 18.1 Å². The monoisotopic (exact) mass is 421 g/mol. The van der Waals surface area contributed by atoms with Crippen LogP contribution in [-0.2, 0) is 11.4 Å². The molecular formula is C23H20ClN3O3. The van der Waals surface area contributed by atoms with E-state index in [0.717, 1.165) is 34.0 Å². The Hall–Kier alpha value is -3.51. The first-order chi connectivity index (χ1) is 14.4. The summed E-state index contributed by atoms with van der Waals surface area (Å²) in [6.07, 6.45) is 1.68. The summed E-state index contributed by atoms with van der Waals surface area (Å²) in [5, 5.41) is 5.42. The maximum absolute atomic E-state index is 11.8. The van der Waals surface area contributed by atoms with Crippen LogP contribution < -0.4 is 15.4 Å². The van der Waals surface area contributed by atoms with Gasteiger partial charge >= 0.3 is 6.03 Å². The van der Waals surface area contributed by atoms with Crippen LogP contribution in [0.2, 0.25) is 5.02 Å². The van der Waals surface area contributed by atoms with Crippen molar-refractivity contribution in [2.24, 2.45) is 0 Å². The van der Waals surface area contributed by atoms with Crippen molar-refractivity contribution in [3.8, 4) is 11.4 Å². The Morgan fingerprint density at radius 1 is 1.00 bits per heavy atom. The number of hydrogen-bond acceptors (Lipinski definition) is 3. The van der Waals surface area contributed by atoms with Crippen molar-refractivity contribution in [3.05, 3.63) is 87.8 Å². The molecule has 1 fully saturated rings. The predicted molar refractivity (Wildman–Crippen MR) is 116 cm³/mol. The van der Waals surface area contributed by atoms with Crippen molar-refractivity contribution in [1.29, 1.82) is 0 Å². The van der Waals surface area contributed by atoms with E-state index in [-0.39, 0.29) is 5.70 Å². The van der Waals surface area contributed by atoms with Crippen LogP contribution in [0.25, 0.3) is 11.8 Å². The van der Waals surface area contributed by atoms with Gasteiger partial charge in [0.25, 0.3) is 5.91 Å². The van der Waals surface area contributed by atoms with Crippen molar-refractivity contribution in [1.82, 2.24) is 15.2 Å². The number of carbonyl (C=O) groups excluding carboxylic acids is 2. The zero-order chi connectivity index (χ0) is 21.3. The van der Waals surface area contributed by atoms with Gasteiger partial charge < -0.3 is 14.6 Å². The topological polar surface area (TPSA) is 72.4 Å². The van der Waals surface area contributed by atoms with Gasteiger partial charge in [-0.3, -0.25) is 10.1 Å². The molecule has 2 N–H and O–H groups in total. The zero-order valence-corrected chi connectivity index (χ0v) is 17.3. The minimum Gasteiger partial charge on any atom is -0.489 e. The van der Waals surface area contributed by atoms with Gasteiger partial charge in [-0.2, -0.15) is 0 Å². The lowest BCUT2D eigenvalue weighted by Crippen LogP contribution is -2.22. The Bertz CT molecular complexity index is 1150. The highest BCUT2D eigenvalue weighted by Crippen LogP contribution is 2.25. The molecule has 2 heterocycles. The van der Waals surface area contributed by atoms with Gasteiger partial charge in [0, 0.05) is 22.1 Å². The molecular weight excluding hydrogens is 402 g/mol. The van der Waals surface area contributed by atoms with Crippen molar-refractivity contribution in [2.45, 2.75) is 20.5 Å². The number of aromatic nitrogens is 1. The largest absolute Gasteiger partial charge is 0.489 e. The lowest BCUT2D eigenvalue weighted by atomic mass is 10.2. The molecule has 0 aliphatic carbocycles. The van der Waals surface area contributed by atoms with Crippen LogP contribution in [0.5, 0.6) is 5.75 Å². The third-order valence-corrected chi connectivity index (χ3v) is 5.16. The molecule has 7 heteroatoms. The molecule has 2 aromatic carbocycles. The van der Waals surface area contributed by atoms with Crippen LogP contribution in [0, 0.1) is 13.8 Å². The SMILES string of the molecule is Cc1cc(/C=C2\NC(=O)NC2=O)c(C)n1-c1ccc(OCc2ccc(Cl)cc2)cc1. The number of rotatable bonds is 5. The number of imide groups is 1. The quantitative estimate of drug-likeness (QED) is 0.470. The molecule has 0 spiro atoms. The Labute approximate surface area is 179 Å². The number of hydrogen-bond donors (Lipinski definition) is 2. The average Bonchev–Trinajstić information content (AvgIpc) is 3.19. The maximum Gasteiger partial charge on any atom is 0.326 e. The van der Waals surface area contributed by atoms with Gasteiger partial charge in [-0.1, -0.05) is 23.7 Å². The highest BCUT2D eigenvalue weighted by atomic mass is 35.5. The van der Waals surface area contributed by atoms with Crippen LogP contribution in [0.3, 0.4) is 0 Å². The summed E-state index contributed by atoms with van der Waals surface area (Å²) >= 11 is 5.91. The molecule has 6 nitrogen and oxygen atoms in total. The highest BCUT2D eigenvalue weighted by molar-refractivity contribution is 6.30. The third-order valence-electron chi connectivity index (χ3n) is 4.90. The Kier molecular flexibility index (Phi) is 5.33. The minimum atomic E-state index is -0.505. The molecule has 0 saturated carbocycles. The number of benzene rings is 2. The lowest BCUT2D eigenvalue weighted by Gasteiger charge is -2.11. The van der Waals surface area contributed by atoms with Gasteiger partial charge in [0.15, 0.2) is 0 Å². The van der Waals surface area contributed by atoms with E-state index < -0.39 is 11.9 Å². The first kappa shape index (κ1) is 19.8. The van der Waals surface area contributed by atoms with E-state index in [1.807, 2.05) is 68.4 Å². The Morgan fingerprint density at radius 2 is 1.70 bits per heavy atom. The van der Waals surface area contributed by atoms with Gasteiger partial charge in [0.05, 0.1) is 0 Å². The van der Waals surface area contributed by atoms with E-state index >= 15 is 0 Å². The molecule has 0 bridgehead atoms. The van der Waals surface area contributed by atoms with Gasteiger partial charge in [-0.25, -0.2) is 4.79 Å². The normalized spacial score (nSPS) is 14.7. The fourth-order valence-corrected chi connectivity index (χ4v) is 3.53. The maximum atomic E-state index is 11.8. The molecule has 3 aromatic rings. The van der Waals surface area contributed by atoms with E-state index in [4.69, 9.17) is 16.3 Å². The summed E-state index contributed by atoms with van der Waals surface area (Å²) in [5.41, 5.74) is 5.10. The molecule has 1 aromatic heterocycles. The molecule has 0 atom stereocenters. The summed E-state index contributed by atoms with van der Waals surface area (Å²) in [6, 6.07) is 16.8. The predicted octanol–water partition coefficient (Wildman–Crippen LogP) is 4.51. The number of carbonyl (C=O) groups is 2. The number of ether oxygens (including phenoxy) is 1. The molecule has 1 aliphatic rings. The molecule has 3 amide bonds. The zero-order valence-electron chi connectivity index (χ0n) is 16.5. The van der Waals surface area contributed by atoms with Crippen molar-refractivity contribution >= 4 is 29.6 Å². The number of nitrogens with zero attached hydrogens (tertiary/aromatic N) is 1. The van der Waals surface area contributed by atoms with E-state index in [2.05, 4.69) is 15.2 Å². The first-order valence-corrected chi connectivity index (χ1v) is 9.79. The number of nitrogens with one attached hydrogen (secondary N) is 2. The highest BCUT2D eigenvalue weighted by Gasteiger charge is 2.23. The Balaban J connectivity index is 1.52. The van der Waals surface area contributed by atoms with Crippen molar-refractivity contribution < 1.29 is 14.3 Å². The summed E-state index contributed by atoms with van der Waals surface area (Å²) in [6.45, 7) is 4.43. The van der Waals surface area contributed by atoms with E-state index in [0.29, 0.717) is 11.6 Å². The number of amides is 3. The third kappa shape index (κ3) is 4.09. The number of aryl methyl sites for hydroxylation is 1. The minimum absolute atomic E-state index is 0.242. The molecule has 1 saturated heterocycles. The number of halogens is 1. The van der Waals surface area contributed by atoms with Crippen molar-refractivity contribution in [3.63, 3.8) is 0 Å². The summed E-state index contributed by atoms with van der Waals surface area (Å²) in [7, 11) is 0. The molecule has 0 radical (unpaired) electrons. The van der Waals surface area contributed by atoms with Crippen LogP contribution in [0.4, 0.5) is 4.79 Å². The summed E-state index contributed by atoms with van der Waals surface area (Å²) < 4.78 is 7.94. The van der Waals surface area contributed by atoms with Crippen molar-refractivity contribution in [2.75, 3.05) is 0 Å². The first-order valence-electron chi connectivity index (χ1n) is 9.41. The lowest BCUT2D eigenvalue weighted by molar-refractivity contribution is -0.115. The molecule has 1 aliphatic heterocycles. The van der Waals surface area contributed by atoms with Gasteiger partial charge in [-0.05, 0) is 73.5 Å². The molecule has 4 rings (SSSR count). The molecule has 152 valence electrons. The average molecular weight is 422 g/mol. The Morgan fingerprint density at radius 3 is 2.33 bits per heavy atom. The second-order valence-corrected chi connectivity index (χ2v) is 7.47. The van der Waals surface area contributed by atoms with Crippen LogP contribution >= 0.6 is 11.6 Å². The summed E-state index contributed by atoms with van der Waals surface area (Å²) in [4.78, 5) is 23.1. The summed E-state index contributed by atoms with van der Waals surface area (Å²) in [5.74, 6) is 0.343. The van der Waals surface area contributed by atoms with E-state index in [9.17, 15) is 9.59 Å².